The molecule has 0 spiro atoms. The van der Waals surface area contributed by atoms with E-state index in [0.29, 0.717) is 5.69 Å². The lowest BCUT2D eigenvalue weighted by Gasteiger charge is -2.05. The number of nitrogens with one attached hydrogen (secondary N) is 1. The van der Waals surface area contributed by atoms with Gasteiger partial charge in [0.15, 0.2) is 0 Å². The van der Waals surface area contributed by atoms with Gasteiger partial charge in [0, 0.05) is 24.9 Å². The fraction of sp³-hybridized carbons (Fsp3) is 0.167. The van der Waals surface area contributed by atoms with E-state index in [-0.39, 0.29) is 11.3 Å². The Balaban J connectivity index is 2.30. The van der Waals surface area contributed by atoms with Crippen molar-refractivity contribution < 1.29 is 4.92 Å². The Morgan fingerprint density at radius 3 is 2.95 bits per heavy atom. The Morgan fingerprint density at radius 2 is 2.37 bits per heavy atom. The first-order valence-electron chi connectivity index (χ1n) is 5.62. The second kappa shape index (κ2) is 5.18. The van der Waals surface area contributed by atoms with Gasteiger partial charge in [0.1, 0.15) is 6.07 Å². The normalized spacial score (nSPS) is 9.89. The Hall–Kier alpha value is -2.88. The lowest BCUT2D eigenvalue weighted by atomic mass is 10.1. The molecule has 0 amide bonds. The van der Waals surface area contributed by atoms with Crippen LogP contribution in [-0.4, -0.2) is 14.7 Å². The van der Waals surface area contributed by atoms with Crippen LogP contribution in [-0.2, 0) is 6.54 Å². The van der Waals surface area contributed by atoms with Gasteiger partial charge in [0.05, 0.1) is 28.1 Å². The number of hydrogen-bond acceptors (Lipinski definition) is 5. The largest absolute Gasteiger partial charge is 0.352 e. The zero-order valence-corrected chi connectivity index (χ0v) is 10.2. The van der Waals surface area contributed by atoms with Crippen molar-refractivity contribution in [1.29, 1.82) is 5.26 Å². The Morgan fingerprint density at radius 1 is 1.58 bits per heavy atom. The van der Waals surface area contributed by atoms with Crippen LogP contribution in [0.3, 0.4) is 0 Å². The molecule has 2 aromatic rings. The van der Waals surface area contributed by atoms with Crippen LogP contribution < -0.4 is 5.32 Å². The highest BCUT2D eigenvalue weighted by molar-refractivity contribution is 5.67. The first-order valence-corrected chi connectivity index (χ1v) is 5.62. The molecule has 1 heterocycles. The third-order valence-electron chi connectivity index (χ3n) is 2.57. The number of aromatic nitrogens is 2. The van der Waals surface area contributed by atoms with Crippen LogP contribution in [0.2, 0.25) is 0 Å². The SMILES string of the molecule is CCn1cc(Nc2ccc([N+](=O)[O-])cc2C#N)cn1. The second-order valence-electron chi connectivity index (χ2n) is 3.81. The summed E-state index contributed by atoms with van der Waals surface area (Å²) < 4.78 is 1.74. The lowest BCUT2D eigenvalue weighted by Crippen LogP contribution is -1.95. The van der Waals surface area contributed by atoms with Gasteiger partial charge >= 0.3 is 0 Å². The summed E-state index contributed by atoms with van der Waals surface area (Å²) in [6.45, 7) is 2.70. The molecule has 1 aromatic heterocycles. The van der Waals surface area contributed by atoms with Gasteiger partial charge in [0.25, 0.3) is 5.69 Å². The van der Waals surface area contributed by atoms with E-state index in [0.717, 1.165) is 12.2 Å². The average molecular weight is 257 g/mol. The summed E-state index contributed by atoms with van der Waals surface area (Å²) in [4.78, 5) is 10.1. The van der Waals surface area contributed by atoms with Crippen molar-refractivity contribution in [2.45, 2.75) is 13.5 Å². The monoisotopic (exact) mass is 257 g/mol. The zero-order valence-electron chi connectivity index (χ0n) is 10.2. The standard InChI is InChI=1S/C12H11N5O2/c1-2-16-8-10(7-14-16)15-12-4-3-11(17(18)19)5-9(12)6-13/h3-5,7-8,15H,2H2,1H3. The van der Waals surface area contributed by atoms with E-state index in [4.69, 9.17) is 5.26 Å². The summed E-state index contributed by atoms with van der Waals surface area (Å²) in [6, 6.07) is 6.05. The molecule has 0 saturated carbocycles. The number of benzene rings is 1. The number of nitro groups is 1. The third-order valence-corrected chi connectivity index (χ3v) is 2.57. The Bertz CT molecular complexity index is 656. The van der Waals surface area contributed by atoms with Gasteiger partial charge < -0.3 is 5.32 Å². The number of anilines is 2. The predicted octanol–water partition coefficient (Wildman–Crippen LogP) is 2.43. The fourth-order valence-electron chi connectivity index (χ4n) is 1.60. The van der Waals surface area contributed by atoms with Crippen LogP contribution in [0, 0.1) is 21.4 Å². The molecule has 0 aliphatic carbocycles. The molecule has 0 fully saturated rings. The van der Waals surface area contributed by atoms with Gasteiger partial charge in [-0.25, -0.2) is 0 Å². The van der Waals surface area contributed by atoms with Crippen LogP contribution in [0.5, 0.6) is 0 Å². The summed E-state index contributed by atoms with van der Waals surface area (Å²) in [7, 11) is 0. The van der Waals surface area contributed by atoms with Crippen LogP contribution in [0.1, 0.15) is 12.5 Å². The topological polar surface area (TPSA) is 96.8 Å². The van der Waals surface area contributed by atoms with Gasteiger partial charge in [-0.1, -0.05) is 0 Å². The fourth-order valence-corrected chi connectivity index (χ4v) is 1.60. The molecule has 19 heavy (non-hydrogen) atoms. The van der Waals surface area contributed by atoms with Crippen molar-refractivity contribution in [2.75, 3.05) is 5.32 Å². The summed E-state index contributed by atoms with van der Waals surface area (Å²) in [5, 5.41) is 26.8. The van der Waals surface area contributed by atoms with Crippen molar-refractivity contribution in [3.8, 4) is 6.07 Å². The molecule has 0 aliphatic heterocycles. The molecule has 0 aliphatic rings. The van der Waals surface area contributed by atoms with E-state index in [1.807, 2.05) is 13.0 Å². The number of aryl methyl sites for hydroxylation is 1. The van der Waals surface area contributed by atoms with Gasteiger partial charge in [-0.3, -0.25) is 14.8 Å². The average Bonchev–Trinajstić information content (AvgIpc) is 2.86. The maximum Gasteiger partial charge on any atom is 0.270 e. The number of hydrogen-bond donors (Lipinski definition) is 1. The van der Waals surface area contributed by atoms with Crippen molar-refractivity contribution >= 4 is 17.1 Å². The van der Waals surface area contributed by atoms with Crippen LogP contribution >= 0.6 is 0 Å². The number of nitrogens with zero attached hydrogens (tertiary/aromatic N) is 4. The highest BCUT2D eigenvalue weighted by Crippen LogP contribution is 2.24. The van der Waals surface area contributed by atoms with E-state index in [2.05, 4.69) is 10.4 Å². The van der Waals surface area contributed by atoms with E-state index < -0.39 is 4.92 Å². The Kier molecular flexibility index (Phi) is 3.43. The van der Waals surface area contributed by atoms with E-state index in [9.17, 15) is 10.1 Å². The zero-order chi connectivity index (χ0) is 13.8. The van der Waals surface area contributed by atoms with E-state index >= 15 is 0 Å². The molecule has 96 valence electrons. The van der Waals surface area contributed by atoms with Crippen LogP contribution in [0.4, 0.5) is 17.1 Å². The number of rotatable bonds is 4. The Labute approximate surface area is 109 Å². The molecule has 0 unspecified atom stereocenters. The molecule has 0 bridgehead atoms. The lowest BCUT2D eigenvalue weighted by molar-refractivity contribution is -0.384. The minimum atomic E-state index is -0.528. The molecule has 7 nitrogen and oxygen atoms in total. The summed E-state index contributed by atoms with van der Waals surface area (Å²) in [5.41, 5.74) is 1.36. The van der Waals surface area contributed by atoms with Gasteiger partial charge in [-0.05, 0) is 13.0 Å². The third kappa shape index (κ3) is 2.69. The molecule has 1 N–H and O–H groups in total. The molecular weight excluding hydrogens is 246 g/mol. The first kappa shape index (κ1) is 12.6. The number of nitro benzene ring substituents is 1. The maximum atomic E-state index is 10.6. The van der Waals surface area contributed by atoms with Gasteiger partial charge in [-0.15, -0.1) is 0 Å². The summed E-state index contributed by atoms with van der Waals surface area (Å²) in [6.07, 6.45) is 3.43. The van der Waals surface area contributed by atoms with Crippen molar-refractivity contribution in [3.05, 3.63) is 46.3 Å². The van der Waals surface area contributed by atoms with Gasteiger partial charge in [0.2, 0.25) is 0 Å². The molecule has 2 rings (SSSR count). The van der Waals surface area contributed by atoms with Crippen molar-refractivity contribution in [1.82, 2.24) is 9.78 Å². The smallest absolute Gasteiger partial charge is 0.270 e. The molecule has 7 heteroatoms. The highest BCUT2D eigenvalue weighted by Gasteiger charge is 2.11. The maximum absolute atomic E-state index is 10.6. The quantitative estimate of drug-likeness (QED) is 0.670. The molecule has 0 radical (unpaired) electrons. The van der Waals surface area contributed by atoms with E-state index in [1.54, 1.807) is 17.1 Å². The predicted molar refractivity (Wildman–Crippen MR) is 69.0 cm³/mol. The van der Waals surface area contributed by atoms with Crippen molar-refractivity contribution in [3.63, 3.8) is 0 Å². The highest BCUT2D eigenvalue weighted by atomic mass is 16.6. The molecule has 0 saturated heterocycles. The minimum absolute atomic E-state index is 0.105. The van der Waals surface area contributed by atoms with Gasteiger partial charge in [-0.2, -0.15) is 10.4 Å². The second-order valence-corrected chi connectivity index (χ2v) is 3.81. The van der Waals surface area contributed by atoms with Crippen LogP contribution in [0.25, 0.3) is 0 Å². The van der Waals surface area contributed by atoms with E-state index in [1.165, 1.54) is 18.2 Å². The summed E-state index contributed by atoms with van der Waals surface area (Å²) in [5.74, 6) is 0. The number of non-ortho nitro benzene ring substituents is 1. The molecule has 0 atom stereocenters. The number of nitriles is 1. The summed E-state index contributed by atoms with van der Waals surface area (Å²) >= 11 is 0. The molecular formula is C12H11N5O2. The first-order chi connectivity index (χ1) is 9.13. The minimum Gasteiger partial charge on any atom is -0.352 e. The van der Waals surface area contributed by atoms with Crippen molar-refractivity contribution in [2.24, 2.45) is 0 Å². The molecule has 1 aromatic carbocycles. The van der Waals surface area contributed by atoms with Crippen LogP contribution in [0.15, 0.2) is 30.6 Å².